The van der Waals surface area contributed by atoms with Crippen molar-refractivity contribution in [1.82, 2.24) is 40.5 Å². The Labute approximate surface area is 195 Å². The number of hydrazone groups is 1. The van der Waals surface area contributed by atoms with Crippen LogP contribution in [0.4, 0.5) is 10.6 Å². The number of nitrogens with zero attached hydrogens (tertiary/aromatic N) is 8. The molecular weight excluding hydrogens is 444 g/mol. The third-order valence-corrected chi connectivity index (χ3v) is 4.63. The Morgan fingerprint density at radius 1 is 1.21 bits per heavy atom. The van der Waals surface area contributed by atoms with Crippen LogP contribution < -0.4 is 15.9 Å². The van der Waals surface area contributed by atoms with Crippen LogP contribution in [-0.2, 0) is 6.54 Å². The normalized spacial score (nSPS) is 11.2. The molecule has 0 fully saturated rings. The first kappa shape index (κ1) is 24.3. The van der Waals surface area contributed by atoms with Crippen molar-refractivity contribution in [3.05, 3.63) is 41.2 Å². The second kappa shape index (κ2) is 11.0. The van der Waals surface area contributed by atoms with Crippen LogP contribution in [0.1, 0.15) is 35.6 Å². The third-order valence-electron chi connectivity index (χ3n) is 4.63. The van der Waals surface area contributed by atoms with Gasteiger partial charge in [-0.15, -0.1) is 5.10 Å². The van der Waals surface area contributed by atoms with Gasteiger partial charge in [-0.1, -0.05) is 5.21 Å². The molecule has 34 heavy (non-hydrogen) atoms. The van der Waals surface area contributed by atoms with Crippen LogP contribution in [0.2, 0.25) is 0 Å². The highest BCUT2D eigenvalue weighted by Gasteiger charge is 2.24. The summed E-state index contributed by atoms with van der Waals surface area (Å²) in [5, 5.41) is 19.1. The van der Waals surface area contributed by atoms with Crippen LogP contribution in [0.15, 0.2) is 34.0 Å². The Hall–Kier alpha value is -4.33. The molecule has 0 saturated heterocycles. The number of nitrogens with one attached hydrogen (secondary N) is 1. The SMILES string of the molecule is CCN(CC)C(=O)Oc1ccc(C=NNC(=O)c2nnn(-c3nonc3N)c2CN(C)C)cc1. The number of hydrogen-bond acceptors (Lipinski definition) is 11. The zero-order valence-electron chi connectivity index (χ0n) is 19.3. The number of nitrogen functional groups attached to an aromatic ring is 1. The fourth-order valence-corrected chi connectivity index (χ4v) is 2.91. The molecule has 0 atom stereocenters. The number of carbonyl (C=O) groups is 2. The number of aromatic nitrogens is 5. The van der Waals surface area contributed by atoms with Gasteiger partial charge >= 0.3 is 6.09 Å². The van der Waals surface area contributed by atoms with Gasteiger partial charge in [0, 0.05) is 19.6 Å². The molecule has 0 aliphatic rings. The summed E-state index contributed by atoms with van der Waals surface area (Å²) in [7, 11) is 3.65. The van der Waals surface area contributed by atoms with Gasteiger partial charge in [0.25, 0.3) is 5.91 Å². The van der Waals surface area contributed by atoms with Crippen molar-refractivity contribution in [2.45, 2.75) is 20.4 Å². The lowest BCUT2D eigenvalue weighted by Gasteiger charge is -2.17. The quantitative estimate of drug-likeness (QED) is 0.338. The standard InChI is InChI=1S/C20H26N10O4/c1-5-29(6-2)20(32)33-14-9-7-13(8-10-14)11-22-24-19(31)16-15(12-28(3)4)30(27-23-16)18-17(21)25-34-26-18/h7-11H,5-6,12H2,1-4H3,(H2,21,25)(H,24,31). The zero-order valence-corrected chi connectivity index (χ0v) is 19.3. The van der Waals surface area contributed by atoms with Crippen molar-refractivity contribution in [2.24, 2.45) is 5.10 Å². The van der Waals surface area contributed by atoms with Crippen molar-refractivity contribution >= 4 is 24.0 Å². The van der Waals surface area contributed by atoms with Gasteiger partial charge in [-0.25, -0.2) is 14.8 Å². The minimum atomic E-state index is -0.570. The molecule has 1 aromatic carbocycles. The van der Waals surface area contributed by atoms with Crippen LogP contribution in [0.3, 0.4) is 0 Å². The number of rotatable bonds is 9. The molecule has 3 aromatic rings. The van der Waals surface area contributed by atoms with E-state index in [0.717, 1.165) is 0 Å². The number of carbonyl (C=O) groups excluding carboxylic acids is 2. The lowest BCUT2D eigenvalue weighted by atomic mass is 10.2. The highest BCUT2D eigenvalue weighted by atomic mass is 16.6. The van der Waals surface area contributed by atoms with Crippen molar-refractivity contribution in [3.8, 4) is 11.6 Å². The fourth-order valence-electron chi connectivity index (χ4n) is 2.91. The summed E-state index contributed by atoms with van der Waals surface area (Å²) in [5.74, 6) is -0.0152. The number of nitrogens with two attached hydrogens (primary N) is 1. The van der Waals surface area contributed by atoms with Crippen LogP contribution in [0, 0.1) is 0 Å². The third kappa shape index (κ3) is 5.72. The number of ether oxygens (including phenoxy) is 1. The van der Waals surface area contributed by atoms with Crippen LogP contribution in [0.25, 0.3) is 5.82 Å². The van der Waals surface area contributed by atoms with Gasteiger partial charge in [-0.3, -0.25) is 4.79 Å². The highest BCUT2D eigenvalue weighted by Crippen LogP contribution is 2.17. The van der Waals surface area contributed by atoms with E-state index in [1.165, 1.54) is 10.9 Å². The van der Waals surface area contributed by atoms with E-state index in [4.69, 9.17) is 10.5 Å². The molecule has 3 N–H and O–H groups in total. The van der Waals surface area contributed by atoms with Crippen molar-refractivity contribution in [3.63, 3.8) is 0 Å². The molecule has 0 spiro atoms. The predicted molar refractivity (Wildman–Crippen MR) is 121 cm³/mol. The topological polar surface area (TPSA) is 170 Å². The van der Waals surface area contributed by atoms with Crippen molar-refractivity contribution in [1.29, 1.82) is 0 Å². The summed E-state index contributed by atoms with van der Waals surface area (Å²) in [5.41, 5.74) is 9.33. The minimum Gasteiger partial charge on any atom is -0.410 e. The van der Waals surface area contributed by atoms with Crippen molar-refractivity contribution < 1.29 is 19.0 Å². The Kier molecular flexibility index (Phi) is 7.87. The molecule has 14 nitrogen and oxygen atoms in total. The van der Waals surface area contributed by atoms with Gasteiger partial charge in [0.2, 0.25) is 11.6 Å². The lowest BCUT2D eigenvalue weighted by molar-refractivity contribution is 0.0948. The maximum absolute atomic E-state index is 12.7. The maximum Gasteiger partial charge on any atom is 0.415 e. The molecule has 180 valence electrons. The van der Waals surface area contributed by atoms with Gasteiger partial charge in [-0.2, -0.15) is 9.78 Å². The summed E-state index contributed by atoms with van der Waals surface area (Å²) < 4.78 is 11.2. The van der Waals surface area contributed by atoms with Gasteiger partial charge in [0.05, 0.1) is 11.9 Å². The average molecular weight is 470 g/mol. The molecular formula is C20H26N10O4. The smallest absolute Gasteiger partial charge is 0.410 e. The first-order valence-corrected chi connectivity index (χ1v) is 10.4. The highest BCUT2D eigenvalue weighted by molar-refractivity contribution is 5.94. The van der Waals surface area contributed by atoms with Crippen LogP contribution in [0.5, 0.6) is 5.75 Å². The van der Waals surface area contributed by atoms with Crippen LogP contribution >= 0.6 is 0 Å². The maximum atomic E-state index is 12.7. The van der Waals surface area contributed by atoms with E-state index in [-0.39, 0.29) is 17.3 Å². The van der Waals surface area contributed by atoms with Gasteiger partial charge in [0.1, 0.15) is 5.75 Å². The minimum absolute atomic E-state index is 0.0149. The number of anilines is 1. The molecule has 0 bridgehead atoms. The molecule has 2 amide bonds. The average Bonchev–Trinajstić information content (AvgIpc) is 3.41. The zero-order chi connectivity index (χ0) is 24.7. The number of hydrogen-bond donors (Lipinski definition) is 2. The second-order valence-corrected chi connectivity index (χ2v) is 7.32. The molecule has 2 heterocycles. The molecule has 0 radical (unpaired) electrons. The fraction of sp³-hybridized carbons (Fsp3) is 0.350. The first-order valence-electron chi connectivity index (χ1n) is 10.4. The second-order valence-electron chi connectivity index (χ2n) is 7.32. The Morgan fingerprint density at radius 2 is 1.91 bits per heavy atom. The Balaban J connectivity index is 1.67. The predicted octanol–water partition coefficient (Wildman–Crippen LogP) is 0.899. The summed E-state index contributed by atoms with van der Waals surface area (Å²) in [4.78, 5) is 28.1. The number of amides is 2. The largest absolute Gasteiger partial charge is 0.415 e. The summed E-state index contributed by atoms with van der Waals surface area (Å²) in [6.45, 7) is 5.20. The van der Waals surface area contributed by atoms with E-state index < -0.39 is 12.0 Å². The Bertz CT molecular complexity index is 1150. The molecule has 14 heteroatoms. The molecule has 2 aromatic heterocycles. The van der Waals surface area contributed by atoms with E-state index in [2.05, 4.69) is 35.8 Å². The molecule has 0 aliphatic carbocycles. The van der Waals surface area contributed by atoms with E-state index >= 15 is 0 Å². The molecule has 0 unspecified atom stereocenters. The molecule has 0 aliphatic heterocycles. The molecule has 3 rings (SSSR count). The van der Waals surface area contributed by atoms with Crippen LogP contribution in [-0.4, -0.2) is 80.5 Å². The van der Waals surface area contributed by atoms with E-state index in [1.807, 2.05) is 32.8 Å². The monoisotopic (exact) mass is 470 g/mol. The summed E-state index contributed by atoms with van der Waals surface area (Å²) in [6, 6.07) is 6.69. The first-order chi connectivity index (χ1) is 16.3. The van der Waals surface area contributed by atoms with E-state index in [0.29, 0.717) is 36.6 Å². The number of benzene rings is 1. The summed E-state index contributed by atoms with van der Waals surface area (Å²) in [6.07, 6.45) is 1.03. The van der Waals surface area contributed by atoms with Gasteiger partial charge < -0.3 is 20.3 Å². The lowest BCUT2D eigenvalue weighted by Crippen LogP contribution is -2.33. The van der Waals surface area contributed by atoms with Crippen molar-refractivity contribution in [2.75, 3.05) is 32.9 Å². The summed E-state index contributed by atoms with van der Waals surface area (Å²) >= 11 is 0. The molecule has 0 saturated carbocycles. The van der Waals surface area contributed by atoms with Gasteiger partial charge in [-0.05, 0) is 68.1 Å². The van der Waals surface area contributed by atoms with Gasteiger partial charge in [0.15, 0.2) is 5.69 Å². The Morgan fingerprint density at radius 3 is 2.50 bits per heavy atom. The van der Waals surface area contributed by atoms with E-state index in [9.17, 15) is 9.59 Å². The van der Waals surface area contributed by atoms with E-state index in [1.54, 1.807) is 29.2 Å².